The van der Waals surface area contributed by atoms with Crippen molar-refractivity contribution < 1.29 is 18.7 Å². The van der Waals surface area contributed by atoms with Gasteiger partial charge in [-0.25, -0.2) is 9.18 Å². The highest BCUT2D eigenvalue weighted by molar-refractivity contribution is 6.00. The number of fused-ring (bicyclic) bond motifs is 3. The minimum absolute atomic E-state index is 0.0906. The molecule has 0 aliphatic carbocycles. The van der Waals surface area contributed by atoms with Crippen molar-refractivity contribution in [3.8, 4) is 5.75 Å². The molecule has 3 heterocycles. The molecule has 0 aromatic heterocycles. The van der Waals surface area contributed by atoms with Gasteiger partial charge < -0.3 is 14.5 Å². The molecule has 3 aliphatic heterocycles. The fourth-order valence-corrected chi connectivity index (χ4v) is 4.97. The maximum atomic E-state index is 14.2. The van der Waals surface area contributed by atoms with Gasteiger partial charge >= 0.3 is 6.03 Å². The van der Waals surface area contributed by atoms with Gasteiger partial charge in [-0.15, -0.1) is 0 Å². The van der Waals surface area contributed by atoms with Gasteiger partial charge in [-0.05, 0) is 24.6 Å². The van der Waals surface area contributed by atoms with E-state index in [-0.39, 0.29) is 18.7 Å². The smallest absolute Gasteiger partial charge is 0.328 e. The molecule has 2 aromatic rings. The third-order valence-corrected chi connectivity index (χ3v) is 6.55. The van der Waals surface area contributed by atoms with Crippen LogP contribution in [-0.4, -0.2) is 72.4 Å². The number of carbonyl (C=O) groups excluding carboxylic acids is 2. The number of halogens is 1. The van der Waals surface area contributed by atoms with Crippen molar-refractivity contribution in [1.82, 2.24) is 20.0 Å². The average molecular weight is 439 g/mol. The fourth-order valence-electron chi connectivity index (χ4n) is 4.97. The summed E-state index contributed by atoms with van der Waals surface area (Å²) in [5.74, 6) is 0.0156. The van der Waals surface area contributed by atoms with E-state index in [1.165, 1.54) is 6.07 Å². The van der Waals surface area contributed by atoms with Crippen LogP contribution in [0.2, 0.25) is 0 Å². The van der Waals surface area contributed by atoms with Gasteiger partial charge in [0.2, 0.25) is 0 Å². The van der Waals surface area contributed by atoms with Crippen LogP contribution in [0.25, 0.3) is 0 Å². The molecule has 8 nitrogen and oxygen atoms in total. The topological polar surface area (TPSA) is 68.4 Å². The zero-order valence-corrected chi connectivity index (χ0v) is 18.1. The Kier molecular flexibility index (Phi) is 5.22. The van der Waals surface area contributed by atoms with Gasteiger partial charge in [-0.2, -0.15) is 0 Å². The quantitative estimate of drug-likeness (QED) is 0.786. The molecule has 5 rings (SSSR count). The number of urea groups is 1. The maximum Gasteiger partial charge on any atom is 0.328 e. The summed E-state index contributed by atoms with van der Waals surface area (Å²) in [5.41, 5.74) is 1.25. The van der Waals surface area contributed by atoms with Crippen molar-refractivity contribution in [3.05, 3.63) is 59.9 Å². The van der Waals surface area contributed by atoms with Crippen LogP contribution in [0.4, 0.5) is 14.9 Å². The number of anilines is 1. The van der Waals surface area contributed by atoms with E-state index in [0.29, 0.717) is 12.1 Å². The van der Waals surface area contributed by atoms with E-state index >= 15 is 0 Å². The average Bonchev–Trinajstić information content (AvgIpc) is 3.21. The third-order valence-electron chi connectivity index (χ3n) is 6.55. The second-order valence-corrected chi connectivity index (χ2v) is 8.30. The van der Waals surface area contributed by atoms with Crippen LogP contribution in [0, 0.1) is 5.82 Å². The van der Waals surface area contributed by atoms with Crippen LogP contribution in [0.1, 0.15) is 12.0 Å². The number of carbonyl (C=O) groups is 2. The summed E-state index contributed by atoms with van der Waals surface area (Å²) in [7, 11) is 3.32. The maximum absolute atomic E-state index is 14.2. The lowest BCUT2D eigenvalue weighted by Crippen LogP contribution is -2.66. The Balaban J connectivity index is 1.46. The van der Waals surface area contributed by atoms with Crippen LogP contribution >= 0.6 is 0 Å². The van der Waals surface area contributed by atoms with Crippen LogP contribution < -0.4 is 15.0 Å². The van der Waals surface area contributed by atoms with E-state index in [2.05, 4.69) is 15.1 Å². The van der Waals surface area contributed by atoms with Crippen molar-refractivity contribution in [1.29, 1.82) is 0 Å². The Hall–Kier alpha value is -3.17. The number of imide groups is 1. The zero-order valence-electron chi connectivity index (χ0n) is 18.1. The van der Waals surface area contributed by atoms with E-state index < -0.39 is 24.1 Å². The summed E-state index contributed by atoms with van der Waals surface area (Å²) in [6.45, 7) is 1.41. The second-order valence-electron chi connectivity index (χ2n) is 8.30. The molecule has 0 saturated carbocycles. The molecule has 3 atom stereocenters. The van der Waals surface area contributed by atoms with Crippen LogP contribution in [0.15, 0.2) is 48.5 Å². The molecular formula is C23H26FN5O3. The van der Waals surface area contributed by atoms with E-state index in [1.807, 2.05) is 24.3 Å². The molecule has 0 bridgehead atoms. The molecule has 3 saturated heterocycles. The number of hydrogen-bond acceptors (Lipinski definition) is 6. The molecule has 3 amide bonds. The highest BCUT2D eigenvalue weighted by Crippen LogP contribution is 2.36. The monoisotopic (exact) mass is 439 g/mol. The Morgan fingerprint density at radius 1 is 1.09 bits per heavy atom. The lowest BCUT2D eigenvalue weighted by atomic mass is 10.1. The molecule has 3 fully saturated rings. The van der Waals surface area contributed by atoms with Crippen molar-refractivity contribution >= 4 is 17.6 Å². The summed E-state index contributed by atoms with van der Waals surface area (Å²) < 4.78 is 19.8. The third kappa shape index (κ3) is 3.20. The summed E-state index contributed by atoms with van der Waals surface area (Å²) in [4.78, 5) is 33.6. The molecule has 0 radical (unpaired) electrons. The molecule has 9 heteroatoms. The highest BCUT2D eigenvalue weighted by Gasteiger charge is 2.56. The molecule has 1 N–H and O–H groups in total. The Bertz CT molecular complexity index is 1050. The number of hydrogen-bond donors (Lipinski definition) is 1. The van der Waals surface area contributed by atoms with Gasteiger partial charge in [0.05, 0.1) is 19.3 Å². The Morgan fingerprint density at radius 2 is 1.84 bits per heavy atom. The minimum Gasteiger partial charge on any atom is -0.495 e. The standard InChI is InChI=1S/C23H26FN5O3/c1-26-20-19(21(30)29(23(26)31)14-15-8-3-4-9-16(15)24)28-13-7-12-27(22(28)25-20)17-10-5-6-11-18(17)32-2/h3-6,8-11,19-20,22,25H,7,12-14H2,1-2H3. The number of nitrogens with one attached hydrogen (secondary N) is 1. The largest absolute Gasteiger partial charge is 0.495 e. The second kappa shape index (κ2) is 8.07. The van der Waals surface area contributed by atoms with Crippen molar-refractivity contribution in [3.63, 3.8) is 0 Å². The number of benzene rings is 2. The van der Waals surface area contributed by atoms with Gasteiger partial charge in [0.1, 0.15) is 30.1 Å². The number of para-hydroxylation sites is 2. The molecule has 168 valence electrons. The molecule has 3 unspecified atom stereocenters. The first-order chi connectivity index (χ1) is 15.5. The number of likely N-dealkylation sites (N-methyl/N-ethyl adjacent to an activating group) is 1. The number of methoxy groups -OCH3 is 1. The molecule has 3 aliphatic rings. The van der Waals surface area contributed by atoms with E-state index in [4.69, 9.17) is 4.74 Å². The van der Waals surface area contributed by atoms with Crippen molar-refractivity contribution in [2.45, 2.75) is 31.5 Å². The predicted octanol–water partition coefficient (Wildman–Crippen LogP) is 2.02. The molecule has 2 aromatic carbocycles. The van der Waals surface area contributed by atoms with Crippen LogP contribution in [-0.2, 0) is 11.3 Å². The lowest BCUT2D eigenvalue weighted by Gasteiger charge is -2.44. The summed E-state index contributed by atoms with van der Waals surface area (Å²) in [5, 5.41) is 3.48. The predicted molar refractivity (Wildman–Crippen MR) is 116 cm³/mol. The van der Waals surface area contributed by atoms with Crippen LogP contribution in [0.3, 0.4) is 0 Å². The van der Waals surface area contributed by atoms with Gasteiger partial charge in [0.15, 0.2) is 0 Å². The lowest BCUT2D eigenvalue weighted by molar-refractivity contribution is -0.139. The number of rotatable bonds is 4. The Labute approximate surface area is 186 Å². The number of nitrogens with zero attached hydrogens (tertiary/aromatic N) is 4. The van der Waals surface area contributed by atoms with Gasteiger partial charge in [0.25, 0.3) is 5.91 Å². The first-order valence-electron chi connectivity index (χ1n) is 10.7. The van der Waals surface area contributed by atoms with Gasteiger partial charge in [-0.3, -0.25) is 19.9 Å². The minimum atomic E-state index is -0.549. The van der Waals surface area contributed by atoms with Crippen LogP contribution in [0.5, 0.6) is 5.75 Å². The zero-order chi connectivity index (χ0) is 22.4. The summed E-state index contributed by atoms with van der Waals surface area (Å²) in [6, 6.07) is 13.0. The van der Waals surface area contributed by atoms with E-state index in [0.717, 1.165) is 29.3 Å². The number of ether oxygens (including phenoxy) is 1. The number of amides is 3. The van der Waals surface area contributed by atoms with E-state index in [9.17, 15) is 14.0 Å². The summed E-state index contributed by atoms with van der Waals surface area (Å²) in [6.07, 6.45) is 0.132. The fraction of sp³-hybridized carbons (Fsp3) is 0.391. The first kappa shape index (κ1) is 20.7. The Morgan fingerprint density at radius 3 is 2.62 bits per heavy atom. The van der Waals surface area contributed by atoms with Crippen molar-refractivity contribution in [2.75, 3.05) is 32.1 Å². The SMILES string of the molecule is COc1ccccc1N1CCCN2C3C(=O)N(Cc4ccccc4F)C(=O)N(C)C3NC12. The molecule has 0 spiro atoms. The first-order valence-corrected chi connectivity index (χ1v) is 10.7. The van der Waals surface area contributed by atoms with Crippen molar-refractivity contribution in [2.24, 2.45) is 0 Å². The molecule has 32 heavy (non-hydrogen) atoms. The highest BCUT2D eigenvalue weighted by atomic mass is 19.1. The van der Waals surface area contributed by atoms with Gasteiger partial charge in [0, 0.05) is 25.7 Å². The van der Waals surface area contributed by atoms with E-state index in [1.54, 1.807) is 37.3 Å². The molecular weight excluding hydrogens is 413 g/mol. The van der Waals surface area contributed by atoms with Gasteiger partial charge in [-0.1, -0.05) is 30.3 Å². The normalized spacial score (nSPS) is 25.7. The summed E-state index contributed by atoms with van der Waals surface area (Å²) >= 11 is 0.